The minimum absolute atomic E-state index is 0.0930. The summed E-state index contributed by atoms with van der Waals surface area (Å²) >= 11 is 5.82. The fourth-order valence-electron chi connectivity index (χ4n) is 2.49. The van der Waals surface area contributed by atoms with Crippen LogP contribution in [0.5, 0.6) is 0 Å². The van der Waals surface area contributed by atoms with Crippen LogP contribution in [0, 0.1) is 11.8 Å². The van der Waals surface area contributed by atoms with Crippen LogP contribution in [0.15, 0.2) is 48.5 Å². The lowest BCUT2D eigenvalue weighted by atomic mass is 10.1. The molecule has 2 amide bonds. The highest BCUT2D eigenvalue weighted by molar-refractivity contribution is 6.30. The van der Waals surface area contributed by atoms with Crippen LogP contribution >= 0.6 is 11.6 Å². The van der Waals surface area contributed by atoms with Crippen LogP contribution in [0.2, 0.25) is 5.02 Å². The van der Waals surface area contributed by atoms with E-state index >= 15 is 0 Å². The highest BCUT2D eigenvalue weighted by Crippen LogP contribution is 2.18. The average Bonchev–Trinajstić information content (AvgIpc) is 3.07. The summed E-state index contributed by atoms with van der Waals surface area (Å²) in [5.41, 5.74) is 2.50. The molecule has 1 N–H and O–H groups in total. The zero-order valence-corrected chi connectivity index (χ0v) is 14.8. The molecule has 26 heavy (non-hydrogen) atoms. The highest BCUT2D eigenvalue weighted by Gasteiger charge is 2.23. The summed E-state index contributed by atoms with van der Waals surface area (Å²) < 4.78 is 4.91. The Labute approximate surface area is 156 Å². The van der Waals surface area contributed by atoms with E-state index in [0.29, 0.717) is 24.6 Å². The molecule has 1 aliphatic heterocycles. The van der Waals surface area contributed by atoms with Gasteiger partial charge in [0.15, 0.2) is 0 Å². The van der Waals surface area contributed by atoms with Gasteiger partial charge in [0.05, 0.1) is 19.5 Å². The first kappa shape index (κ1) is 17.8. The molecule has 132 valence electrons. The van der Waals surface area contributed by atoms with Crippen molar-refractivity contribution in [3.05, 3.63) is 64.7 Å². The van der Waals surface area contributed by atoms with Gasteiger partial charge in [-0.05, 0) is 42.0 Å². The largest absolute Gasteiger partial charge is 0.447 e. The first-order valence-electron chi connectivity index (χ1n) is 8.16. The van der Waals surface area contributed by atoms with Crippen LogP contribution < -0.4 is 10.2 Å². The van der Waals surface area contributed by atoms with Gasteiger partial charge in [0, 0.05) is 16.3 Å². The van der Waals surface area contributed by atoms with Crippen molar-refractivity contribution in [3.63, 3.8) is 0 Å². The van der Waals surface area contributed by atoms with Crippen molar-refractivity contribution in [3.8, 4) is 11.8 Å². The third kappa shape index (κ3) is 4.78. The van der Waals surface area contributed by atoms with E-state index in [0.717, 1.165) is 16.8 Å². The Hall–Kier alpha value is -2.97. The van der Waals surface area contributed by atoms with Crippen molar-refractivity contribution in [1.82, 2.24) is 5.32 Å². The number of amides is 2. The normalized spacial score (nSPS) is 13.0. The van der Waals surface area contributed by atoms with Gasteiger partial charge >= 0.3 is 6.09 Å². The van der Waals surface area contributed by atoms with Gasteiger partial charge < -0.3 is 10.1 Å². The van der Waals surface area contributed by atoms with E-state index in [-0.39, 0.29) is 18.5 Å². The van der Waals surface area contributed by atoms with Crippen molar-refractivity contribution in [1.29, 1.82) is 0 Å². The predicted octanol–water partition coefficient (Wildman–Crippen LogP) is 3.01. The maximum absolute atomic E-state index is 11.9. The number of cyclic esters (lactones) is 1. The van der Waals surface area contributed by atoms with Crippen LogP contribution in [0.25, 0.3) is 0 Å². The Kier molecular flexibility index (Phi) is 5.77. The molecule has 0 radical (unpaired) electrons. The lowest BCUT2D eigenvalue weighted by Gasteiger charge is -2.11. The Balaban J connectivity index is 1.48. The SMILES string of the molecule is O=C(Cc1ccc(Cl)cc1)NCC#Cc1ccc(N2CCOC2=O)cc1. The van der Waals surface area contributed by atoms with Crippen molar-refractivity contribution in [2.75, 3.05) is 24.6 Å². The van der Waals surface area contributed by atoms with Gasteiger partial charge in [0.1, 0.15) is 6.61 Å². The number of ether oxygens (including phenoxy) is 1. The van der Waals surface area contributed by atoms with Crippen molar-refractivity contribution < 1.29 is 14.3 Å². The molecule has 0 spiro atoms. The summed E-state index contributed by atoms with van der Waals surface area (Å²) in [7, 11) is 0. The quantitative estimate of drug-likeness (QED) is 0.844. The monoisotopic (exact) mass is 368 g/mol. The smallest absolute Gasteiger partial charge is 0.414 e. The molecule has 0 saturated carbocycles. The van der Waals surface area contributed by atoms with Crippen LogP contribution in [0.1, 0.15) is 11.1 Å². The second-order valence-electron chi connectivity index (χ2n) is 5.69. The standard InChI is InChI=1S/C20H17ClN2O3/c21-17-7-3-16(4-8-17)14-19(24)22-11-1-2-15-5-9-18(10-6-15)23-12-13-26-20(23)25/h3-10H,11-14H2,(H,22,24). The second-order valence-corrected chi connectivity index (χ2v) is 6.13. The number of nitrogens with zero attached hydrogens (tertiary/aromatic N) is 1. The van der Waals surface area contributed by atoms with E-state index < -0.39 is 0 Å². The Bertz CT molecular complexity index is 851. The van der Waals surface area contributed by atoms with Crippen LogP contribution in [0.3, 0.4) is 0 Å². The van der Waals surface area contributed by atoms with Gasteiger partial charge in [-0.3, -0.25) is 9.69 Å². The highest BCUT2D eigenvalue weighted by atomic mass is 35.5. The Morgan fingerprint density at radius 1 is 1.15 bits per heavy atom. The number of nitrogens with one attached hydrogen (secondary N) is 1. The van der Waals surface area contributed by atoms with Gasteiger partial charge in [-0.1, -0.05) is 35.6 Å². The molecule has 1 aliphatic rings. The first-order valence-corrected chi connectivity index (χ1v) is 8.54. The van der Waals surface area contributed by atoms with Crippen molar-refractivity contribution >= 4 is 29.3 Å². The van der Waals surface area contributed by atoms with Crippen LogP contribution in [-0.2, 0) is 16.0 Å². The van der Waals surface area contributed by atoms with Crippen molar-refractivity contribution in [2.24, 2.45) is 0 Å². The third-order valence-electron chi connectivity index (χ3n) is 3.82. The molecule has 1 heterocycles. The van der Waals surface area contributed by atoms with Gasteiger partial charge in [-0.25, -0.2) is 4.79 Å². The molecular weight excluding hydrogens is 352 g/mol. The molecule has 1 saturated heterocycles. The van der Waals surface area contributed by atoms with Crippen molar-refractivity contribution in [2.45, 2.75) is 6.42 Å². The lowest BCUT2D eigenvalue weighted by molar-refractivity contribution is -0.120. The van der Waals surface area contributed by atoms with Crippen LogP contribution in [-0.4, -0.2) is 31.7 Å². The molecule has 0 unspecified atom stereocenters. The summed E-state index contributed by atoms with van der Waals surface area (Å²) in [6.07, 6.45) is -0.0355. The van der Waals surface area contributed by atoms with Gasteiger partial charge in [0.25, 0.3) is 0 Å². The summed E-state index contributed by atoms with van der Waals surface area (Å²) in [4.78, 5) is 25.0. The molecule has 0 atom stereocenters. The number of hydrogen-bond donors (Lipinski definition) is 1. The molecule has 0 aromatic heterocycles. The number of hydrogen-bond acceptors (Lipinski definition) is 3. The molecule has 3 rings (SSSR count). The zero-order chi connectivity index (χ0) is 18.4. The number of carbonyl (C=O) groups is 2. The average molecular weight is 369 g/mol. The maximum atomic E-state index is 11.9. The van der Waals surface area contributed by atoms with E-state index in [1.54, 1.807) is 17.0 Å². The second kappa shape index (κ2) is 8.41. The molecule has 1 fully saturated rings. The van der Waals surface area contributed by atoms with E-state index in [9.17, 15) is 9.59 Å². The molecule has 6 heteroatoms. The molecule has 2 aromatic rings. The van der Waals surface area contributed by atoms with Gasteiger partial charge in [-0.2, -0.15) is 0 Å². The topological polar surface area (TPSA) is 58.6 Å². The first-order chi connectivity index (χ1) is 12.6. The summed E-state index contributed by atoms with van der Waals surface area (Å²) in [5, 5.41) is 3.41. The number of halogens is 1. The molecule has 5 nitrogen and oxygen atoms in total. The maximum Gasteiger partial charge on any atom is 0.414 e. The zero-order valence-electron chi connectivity index (χ0n) is 14.0. The minimum atomic E-state index is -0.327. The fraction of sp³-hybridized carbons (Fsp3) is 0.200. The molecular formula is C20H17ClN2O3. The molecule has 2 aromatic carbocycles. The Morgan fingerprint density at radius 3 is 2.54 bits per heavy atom. The number of anilines is 1. The predicted molar refractivity (Wildman–Crippen MR) is 100 cm³/mol. The van der Waals surface area contributed by atoms with E-state index in [1.165, 1.54) is 0 Å². The number of rotatable bonds is 4. The fourth-order valence-corrected chi connectivity index (χ4v) is 2.62. The van der Waals surface area contributed by atoms with E-state index in [2.05, 4.69) is 17.2 Å². The third-order valence-corrected chi connectivity index (χ3v) is 4.08. The summed E-state index contributed by atoms with van der Waals surface area (Å²) in [6.45, 7) is 1.24. The number of carbonyl (C=O) groups excluding carboxylic acids is 2. The minimum Gasteiger partial charge on any atom is -0.447 e. The van der Waals surface area contributed by atoms with Gasteiger partial charge in [0.2, 0.25) is 5.91 Å². The summed E-state index contributed by atoms with van der Waals surface area (Å²) in [6, 6.07) is 14.5. The lowest BCUT2D eigenvalue weighted by Crippen LogP contribution is -2.25. The molecule has 0 aliphatic carbocycles. The molecule has 0 bridgehead atoms. The van der Waals surface area contributed by atoms with Crippen LogP contribution in [0.4, 0.5) is 10.5 Å². The van der Waals surface area contributed by atoms with Gasteiger partial charge in [-0.15, -0.1) is 0 Å². The summed E-state index contributed by atoms with van der Waals surface area (Å²) in [5.74, 6) is 5.81. The Morgan fingerprint density at radius 2 is 1.88 bits per heavy atom. The number of benzene rings is 2. The van der Waals surface area contributed by atoms with E-state index in [1.807, 2.05) is 36.4 Å². The van der Waals surface area contributed by atoms with E-state index in [4.69, 9.17) is 16.3 Å².